The molecular formula is C21H27N5O5. The third-order valence-electron chi connectivity index (χ3n) is 6.50. The van der Waals surface area contributed by atoms with Crippen LogP contribution in [0.25, 0.3) is 5.82 Å². The van der Waals surface area contributed by atoms with E-state index < -0.39 is 31.1 Å². The molecule has 10 nitrogen and oxygen atoms in total. The highest BCUT2D eigenvalue weighted by Gasteiger charge is 2.44. The van der Waals surface area contributed by atoms with E-state index in [9.17, 15) is 15.3 Å². The van der Waals surface area contributed by atoms with Gasteiger partial charge in [-0.1, -0.05) is 6.07 Å². The van der Waals surface area contributed by atoms with Crippen LogP contribution in [-0.2, 0) is 11.2 Å². The van der Waals surface area contributed by atoms with E-state index in [2.05, 4.69) is 27.0 Å². The molecule has 1 aliphatic carbocycles. The number of nitrogens with two attached hydrogens (primary N) is 1. The van der Waals surface area contributed by atoms with Crippen LogP contribution in [0, 0.1) is 0 Å². The van der Waals surface area contributed by atoms with E-state index >= 15 is 0 Å². The summed E-state index contributed by atoms with van der Waals surface area (Å²) in [6.45, 7) is -0.0595. The fourth-order valence-corrected chi connectivity index (χ4v) is 4.81. The lowest BCUT2D eigenvalue weighted by atomic mass is 9.86. The van der Waals surface area contributed by atoms with E-state index in [0.717, 1.165) is 25.0 Å². The number of nitrogens with zero attached hydrogens (tertiary/aromatic N) is 4. The molecule has 1 aromatic carbocycles. The van der Waals surface area contributed by atoms with E-state index in [-0.39, 0.29) is 6.04 Å². The van der Waals surface area contributed by atoms with Gasteiger partial charge in [0.05, 0.1) is 26.1 Å². The number of fused-ring (bicyclic) bond motifs is 2. The van der Waals surface area contributed by atoms with Crippen molar-refractivity contribution < 1.29 is 24.8 Å². The van der Waals surface area contributed by atoms with E-state index in [1.807, 2.05) is 6.07 Å². The fraction of sp³-hybridized carbons (Fsp3) is 0.524. The largest absolute Gasteiger partial charge is 0.497 e. The zero-order valence-corrected chi connectivity index (χ0v) is 17.3. The lowest BCUT2D eigenvalue weighted by Crippen LogP contribution is -2.48. The summed E-state index contributed by atoms with van der Waals surface area (Å²) in [4.78, 5) is 11.2. The van der Waals surface area contributed by atoms with Gasteiger partial charge in [0.1, 0.15) is 41.9 Å². The Morgan fingerprint density at radius 2 is 2.13 bits per heavy atom. The van der Waals surface area contributed by atoms with Crippen molar-refractivity contribution in [1.29, 1.82) is 0 Å². The zero-order chi connectivity index (χ0) is 21.7. The van der Waals surface area contributed by atoms with Gasteiger partial charge in [-0.15, -0.1) is 0 Å². The molecule has 3 aliphatic rings. The predicted octanol–water partition coefficient (Wildman–Crippen LogP) is -1.50. The molecule has 5 N–H and O–H groups in total. The maximum Gasteiger partial charge on any atom is 0.165 e. The standard InChI is InChI=1S/C21H27N5O5/c1-30-12-6-5-11-3-2-4-14(13(11)7-12)25-10-24-20-16(19(25)22)23-9-26(20)21-18(29)17(28)15(8-27)31-21/h5-7,9,14-15,17-18,21,27-29H,2-4,8,10,22H2,1H3/t14?,15-,17-,18-,21-/m1/s1. The van der Waals surface area contributed by atoms with Crippen LogP contribution in [-0.4, -0.2) is 68.5 Å². The Kier molecular flexibility index (Phi) is 5.09. The number of aliphatic hydroxyl groups excluding tert-OH is 3. The van der Waals surface area contributed by atoms with Gasteiger partial charge in [-0.3, -0.25) is 4.57 Å². The normalized spacial score (nSPS) is 30.0. The second-order valence-corrected chi connectivity index (χ2v) is 8.18. The van der Waals surface area contributed by atoms with Gasteiger partial charge in [0.15, 0.2) is 11.7 Å². The van der Waals surface area contributed by atoms with E-state index in [1.165, 1.54) is 17.5 Å². The van der Waals surface area contributed by atoms with Gasteiger partial charge in [-0.25, -0.2) is 9.98 Å². The molecule has 166 valence electrons. The summed E-state index contributed by atoms with van der Waals surface area (Å²) in [5.41, 5.74) is 9.53. The number of hydrogen-bond donors (Lipinski definition) is 4. The number of benzene rings is 1. The minimum atomic E-state index is -1.21. The smallest absolute Gasteiger partial charge is 0.165 e. The molecule has 0 spiro atoms. The summed E-state index contributed by atoms with van der Waals surface area (Å²) in [5, 5.41) is 30.3. The maximum absolute atomic E-state index is 10.4. The van der Waals surface area contributed by atoms with Gasteiger partial charge in [0.25, 0.3) is 0 Å². The summed E-state index contributed by atoms with van der Waals surface area (Å²) in [7, 11) is 1.66. The minimum Gasteiger partial charge on any atom is -0.497 e. The number of aliphatic hydroxyl groups is 3. The van der Waals surface area contributed by atoms with Crippen molar-refractivity contribution in [2.45, 2.75) is 49.8 Å². The van der Waals surface area contributed by atoms with Crippen molar-refractivity contribution in [1.82, 2.24) is 14.5 Å². The molecule has 10 heteroatoms. The predicted molar refractivity (Wildman–Crippen MR) is 109 cm³/mol. The second kappa shape index (κ2) is 7.79. The summed E-state index contributed by atoms with van der Waals surface area (Å²) >= 11 is 0. The molecule has 3 heterocycles. The molecule has 0 bridgehead atoms. The first-order valence-corrected chi connectivity index (χ1v) is 10.5. The second-order valence-electron chi connectivity index (χ2n) is 8.18. The monoisotopic (exact) mass is 429 g/mol. The van der Waals surface area contributed by atoms with Crippen molar-refractivity contribution in [2.24, 2.45) is 10.7 Å². The van der Waals surface area contributed by atoms with E-state index in [1.54, 1.807) is 11.7 Å². The third-order valence-corrected chi connectivity index (χ3v) is 6.50. The Hall–Kier alpha value is -2.66. The highest BCUT2D eigenvalue weighted by Crippen LogP contribution is 2.37. The minimum absolute atomic E-state index is 0.0646. The average molecular weight is 429 g/mol. The number of imidazole rings is 1. The third kappa shape index (κ3) is 3.18. The number of aromatic nitrogens is 2. The van der Waals surface area contributed by atoms with Gasteiger partial charge in [-0.05, 0) is 42.5 Å². The first kappa shape index (κ1) is 20.3. The number of rotatable bonds is 4. The van der Waals surface area contributed by atoms with Gasteiger partial charge in [0, 0.05) is 0 Å². The first-order valence-electron chi connectivity index (χ1n) is 10.5. The fourth-order valence-electron chi connectivity index (χ4n) is 4.81. The van der Waals surface area contributed by atoms with Crippen LogP contribution >= 0.6 is 0 Å². The van der Waals surface area contributed by atoms with Crippen LogP contribution in [0.3, 0.4) is 0 Å². The molecule has 1 saturated heterocycles. The lowest BCUT2D eigenvalue weighted by Gasteiger charge is -2.37. The molecule has 0 radical (unpaired) electrons. The van der Waals surface area contributed by atoms with Crippen molar-refractivity contribution in [3.63, 3.8) is 0 Å². The van der Waals surface area contributed by atoms with Crippen LogP contribution in [0.1, 0.15) is 36.2 Å². The van der Waals surface area contributed by atoms with Gasteiger partial charge in [0.2, 0.25) is 0 Å². The number of hydrogen-bond acceptors (Lipinski definition) is 9. The molecule has 31 heavy (non-hydrogen) atoms. The number of aryl methyl sites for hydroxylation is 1. The first-order chi connectivity index (χ1) is 15.0. The Morgan fingerprint density at radius 3 is 2.87 bits per heavy atom. The summed E-state index contributed by atoms with van der Waals surface area (Å²) in [6, 6.07) is 6.23. The van der Waals surface area contributed by atoms with Gasteiger partial charge >= 0.3 is 0 Å². The Bertz CT molecular complexity index is 1100. The summed E-state index contributed by atoms with van der Waals surface area (Å²) < 4.78 is 12.6. The summed E-state index contributed by atoms with van der Waals surface area (Å²) in [6.07, 6.45) is 0.359. The molecule has 2 aromatic rings. The van der Waals surface area contributed by atoms with E-state index in [0.29, 0.717) is 23.3 Å². The molecule has 2 aliphatic heterocycles. The Labute approximate surface area is 178 Å². The number of ether oxygens (including phenoxy) is 2. The van der Waals surface area contributed by atoms with Crippen LogP contribution in [0.2, 0.25) is 0 Å². The molecule has 5 rings (SSSR count). The molecule has 0 saturated carbocycles. The number of methoxy groups -OCH3 is 1. The Balaban J connectivity index is 1.51. The molecule has 0 amide bonds. The molecule has 1 unspecified atom stereocenters. The van der Waals surface area contributed by atoms with Crippen LogP contribution in [0.15, 0.2) is 29.5 Å². The topological polar surface area (TPSA) is 139 Å². The van der Waals surface area contributed by atoms with Gasteiger partial charge < -0.3 is 35.4 Å². The van der Waals surface area contributed by atoms with Crippen molar-refractivity contribution in [3.05, 3.63) is 46.5 Å². The van der Waals surface area contributed by atoms with Crippen LogP contribution in [0.5, 0.6) is 5.75 Å². The highest BCUT2D eigenvalue weighted by molar-refractivity contribution is 5.44. The molecular weight excluding hydrogens is 402 g/mol. The molecule has 1 fully saturated rings. The van der Waals surface area contributed by atoms with Crippen LogP contribution < -0.4 is 21.3 Å². The lowest BCUT2D eigenvalue weighted by molar-refractivity contribution is -0.0546. The zero-order valence-electron chi connectivity index (χ0n) is 17.3. The average Bonchev–Trinajstić information content (AvgIpc) is 3.35. The van der Waals surface area contributed by atoms with Gasteiger partial charge in [-0.2, -0.15) is 0 Å². The van der Waals surface area contributed by atoms with Crippen molar-refractivity contribution in [2.75, 3.05) is 20.4 Å². The molecule has 5 atom stereocenters. The SMILES string of the molecule is COc1ccc2c(c1)C(N1CN=c3c(ncn3[C@@H]3O[C@H](CO)[C@@H](O)[C@H]3O)=C1N)CCC2. The van der Waals surface area contributed by atoms with E-state index in [4.69, 9.17) is 15.2 Å². The van der Waals surface area contributed by atoms with Crippen LogP contribution in [0.4, 0.5) is 0 Å². The quantitative estimate of drug-likeness (QED) is 0.461. The Morgan fingerprint density at radius 1 is 1.29 bits per heavy atom. The maximum atomic E-state index is 10.4. The summed E-state index contributed by atoms with van der Waals surface area (Å²) in [5.74, 6) is 1.32. The van der Waals surface area contributed by atoms with Crippen molar-refractivity contribution in [3.8, 4) is 5.75 Å². The highest BCUT2D eigenvalue weighted by atomic mass is 16.6. The molecule has 1 aromatic heterocycles. The van der Waals surface area contributed by atoms with Crippen molar-refractivity contribution >= 4 is 5.82 Å².